The highest BCUT2D eigenvalue weighted by molar-refractivity contribution is 6.46. The lowest BCUT2D eigenvalue weighted by molar-refractivity contribution is -0.140. The van der Waals surface area contributed by atoms with Gasteiger partial charge in [0.15, 0.2) is 0 Å². The maximum Gasteiger partial charge on any atom is 0.295 e. The van der Waals surface area contributed by atoms with Crippen LogP contribution in [0.5, 0.6) is 11.5 Å². The summed E-state index contributed by atoms with van der Waals surface area (Å²) in [6.45, 7) is 0.275. The molecule has 0 radical (unpaired) electrons. The molecule has 1 aromatic heterocycles. The summed E-state index contributed by atoms with van der Waals surface area (Å²) in [6.07, 6.45) is 2.00. The molecule has 0 bridgehead atoms. The van der Waals surface area contributed by atoms with Crippen molar-refractivity contribution in [2.45, 2.75) is 12.5 Å². The van der Waals surface area contributed by atoms with Crippen molar-refractivity contribution in [2.75, 3.05) is 20.8 Å². The van der Waals surface area contributed by atoms with Gasteiger partial charge >= 0.3 is 0 Å². The van der Waals surface area contributed by atoms with Gasteiger partial charge in [0.25, 0.3) is 11.7 Å². The van der Waals surface area contributed by atoms with Crippen LogP contribution in [0.4, 0.5) is 0 Å². The number of ketones is 1. The molecule has 1 saturated heterocycles. The van der Waals surface area contributed by atoms with E-state index in [1.807, 2.05) is 24.3 Å². The van der Waals surface area contributed by atoms with Gasteiger partial charge in [-0.1, -0.05) is 24.3 Å². The number of hydrogen-bond donors (Lipinski definition) is 1. The van der Waals surface area contributed by atoms with E-state index >= 15 is 0 Å². The molecule has 1 atom stereocenters. The summed E-state index contributed by atoms with van der Waals surface area (Å²) in [5.74, 6) is -0.0230. The first-order chi connectivity index (χ1) is 15.5. The Balaban J connectivity index is 1.70. The molecule has 0 aliphatic carbocycles. The summed E-state index contributed by atoms with van der Waals surface area (Å²) >= 11 is 0. The van der Waals surface area contributed by atoms with Gasteiger partial charge in [0.2, 0.25) is 0 Å². The number of furan rings is 1. The molecule has 32 heavy (non-hydrogen) atoms. The summed E-state index contributed by atoms with van der Waals surface area (Å²) in [6, 6.07) is 16.8. The Kier molecular flexibility index (Phi) is 5.98. The van der Waals surface area contributed by atoms with E-state index in [0.29, 0.717) is 23.5 Å². The van der Waals surface area contributed by atoms with Crippen molar-refractivity contribution in [3.63, 3.8) is 0 Å². The van der Waals surface area contributed by atoms with Gasteiger partial charge in [0.1, 0.15) is 29.1 Å². The highest BCUT2D eigenvalue weighted by Gasteiger charge is 2.47. The number of aliphatic hydroxyl groups is 1. The minimum absolute atomic E-state index is 0.00654. The molecule has 3 aromatic rings. The van der Waals surface area contributed by atoms with Gasteiger partial charge in [-0.25, -0.2) is 0 Å². The average Bonchev–Trinajstić information content (AvgIpc) is 3.45. The van der Waals surface area contributed by atoms with Crippen LogP contribution in [-0.2, 0) is 16.0 Å². The number of methoxy groups -OCH3 is 2. The molecule has 1 fully saturated rings. The Morgan fingerprint density at radius 3 is 2.41 bits per heavy atom. The second-order valence-electron chi connectivity index (χ2n) is 7.34. The van der Waals surface area contributed by atoms with Crippen molar-refractivity contribution in [3.05, 3.63) is 89.4 Å². The lowest BCUT2D eigenvalue weighted by Crippen LogP contribution is -2.31. The fourth-order valence-corrected chi connectivity index (χ4v) is 3.82. The first-order valence-electron chi connectivity index (χ1n) is 10.1. The first-order valence-corrected chi connectivity index (χ1v) is 10.1. The molecule has 2 heterocycles. The lowest BCUT2D eigenvalue weighted by Gasteiger charge is -2.23. The van der Waals surface area contributed by atoms with Crippen LogP contribution in [0.1, 0.15) is 22.9 Å². The molecule has 164 valence electrons. The van der Waals surface area contributed by atoms with E-state index in [-0.39, 0.29) is 17.9 Å². The summed E-state index contributed by atoms with van der Waals surface area (Å²) < 4.78 is 16.0. The first kappa shape index (κ1) is 21.2. The fourth-order valence-electron chi connectivity index (χ4n) is 3.82. The number of rotatable bonds is 7. The SMILES string of the molecule is COc1ccc(CCN2C(=O)C(=O)/C(=C(\O)c3cccc(OC)c3)C2c2ccco2)cc1. The van der Waals surface area contributed by atoms with Crippen molar-refractivity contribution in [1.29, 1.82) is 0 Å². The van der Waals surface area contributed by atoms with Gasteiger partial charge in [0, 0.05) is 12.1 Å². The van der Waals surface area contributed by atoms with E-state index in [9.17, 15) is 14.7 Å². The maximum atomic E-state index is 13.0. The Bertz CT molecular complexity index is 1150. The van der Waals surface area contributed by atoms with Gasteiger partial charge in [0.05, 0.1) is 26.1 Å². The number of Topliss-reactive ketones (excluding diaryl/α,β-unsaturated/α-hetero) is 1. The average molecular weight is 433 g/mol. The zero-order valence-corrected chi connectivity index (χ0v) is 17.8. The van der Waals surface area contributed by atoms with Crippen LogP contribution in [0.3, 0.4) is 0 Å². The zero-order chi connectivity index (χ0) is 22.7. The number of carbonyl (C=O) groups is 2. The minimum Gasteiger partial charge on any atom is -0.507 e. The highest BCUT2D eigenvalue weighted by atomic mass is 16.5. The summed E-state index contributed by atoms with van der Waals surface area (Å²) in [4.78, 5) is 27.4. The topological polar surface area (TPSA) is 89.2 Å². The third-order valence-electron chi connectivity index (χ3n) is 5.50. The Labute approximate surface area is 185 Å². The third kappa shape index (κ3) is 3.97. The minimum atomic E-state index is -0.825. The second kappa shape index (κ2) is 9.01. The third-order valence-corrected chi connectivity index (χ3v) is 5.50. The van der Waals surface area contributed by atoms with Crippen molar-refractivity contribution >= 4 is 17.4 Å². The predicted molar refractivity (Wildman–Crippen MR) is 117 cm³/mol. The standard InChI is InChI=1S/C25H23NO6/c1-30-18-10-8-16(9-11-18)12-13-26-22(20-7-4-14-32-20)21(24(28)25(26)29)23(27)17-5-3-6-19(15-17)31-2/h3-11,14-15,22,27H,12-13H2,1-2H3/b23-21-. The van der Waals surface area contributed by atoms with Crippen LogP contribution in [0.15, 0.2) is 76.9 Å². The van der Waals surface area contributed by atoms with Crippen LogP contribution in [0.2, 0.25) is 0 Å². The molecule has 0 spiro atoms. The van der Waals surface area contributed by atoms with E-state index in [0.717, 1.165) is 11.3 Å². The molecule has 2 aromatic carbocycles. The van der Waals surface area contributed by atoms with E-state index in [4.69, 9.17) is 13.9 Å². The van der Waals surface area contributed by atoms with Crippen LogP contribution >= 0.6 is 0 Å². The number of likely N-dealkylation sites (tertiary alicyclic amines) is 1. The number of benzene rings is 2. The van der Waals surface area contributed by atoms with Crippen molar-refractivity contribution < 1.29 is 28.6 Å². The van der Waals surface area contributed by atoms with Gasteiger partial charge in [-0.05, 0) is 48.4 Å². The number of amides is 1. The van der Waals surface area contributed by atoms with E-state index in [1.54, 1.807) is 43.5 Å². The van der Waals surface area contributed by atoms with E-state index < -0.39 is 17.7 Å². The largest absolute Gasteiger partial charge is 0.507 e. The van der Waals surface area contributed by atoms with Crippen LogP contribution in [0, 0.1) is 0 Å². The number of hydrogen-bond acceptors (Lipinski definition) is 6. The van der Waals surface area contributed by atoms with Gasteiger partial charge in [-0.15, -0.1) is 0 Å². The van der Waals surface area contributed by atoms with Crippen molar-refractivity contribution in [1.82, 2.24) is 4.90 Å². The van der Waals surface area contributed by atoms with E-state index in [1.165, 1.54) is 18.3 Å². The van der Waals surface area contributed by atoms with Gasteiger partial charge in [-0.3, -0.25) is 9.59 Å². The molecule has 1 aliphatic heterocycles. The van der Waals surface area contributed by atoms with Crippen molar-refractivity contribution in [2.24, 2.45) is 0 Å². The highest BCUT2D eigenvalue weighted by Crippen LogP contribution is 2.40. The second-order valence-corrected chi connectivity index (χ2v) is 7.34. The van der Waals surface area contributed by atoms with Gasteiger partial charge < -0.3 is 23.9 Å². The number of nitrogens with zero attached hydrogens (tertiary/aromatic N) is 1. The molecular weight excluding hydrogens is 410 g/mol. The van der Waals surface area contributed by atoms with Crippen molar-refractivity contribution in [3.8, 4) is 11.5 Å². The molecule has 1 amide bonds. The molecule has 4 rings (SSSR count). The molecule has 1 aliphatic rings. The van der Waals surface area contributed by atoms with E-state index in [2.05, 4.69) is 0 Å². The molecule has 1 unspecified atom stereocenters. The maximum absolute atomic E-state index is 13.0. The Morgan fingerprint density at radius 1 is 1.00 bits per heavy atom. The number of ether oxygens (including phenoxy) is 2. The molecular formula is C25H23NO6. The summed E-state index contributed by atoms with van der Waals surface area (Å²) in [5.41, 5.74) is 1.36. The quantitative estimate of drug-likeness (QED) is 0.345. The zero-order valence-electron chi connectivity index (χ0n) is 17.8. The monoisotopic (exact) mass is 433 g/mol. The summed E-state index contributed by atoms with van der Waals surface area (Å²) in [7, 11) is 3.11. The molecule has 0 saturated carbocycles. The summed E-state index contributed by atoms with van der Waals surface area (Å²) in [5, 5.41) is 11.0. The number of aliphatic hydroxyl groups excluding tert-OH is 1. The number of carbonyl (C=O) groups excluding carboxylic acids is 2. The van der Waals surface area contributed by atoms with Gasteiger partial charge in [-0.2, -0.15) is 0 Å². The Hall–Kier alpha value is -4.00. The fraction of sp³-hybridized carbons (Fsp3) is 0.200. The predicted octanol–water partition coefficient (Wildman–Crippen LogP) is 3.96. The normalized spacial score (nSPS) is 17.6. The van der Waals surface area contributed by atoms with Crippen LogP contribution < -0.4 is 9.47 Å². The smallest absolute Gasteiger partial charge is 0.295 e. The Morgan fingerprint density at radius 2 is 1.75 bits per heavy atom. The molecule has 7 heteroatoms. The lowest BCUT2D eigenvalue weighted by atomic mass is 9.99. The van der Waals surface area contributed by atoms with Crippen LogP contribution in [0.25, 0.3) is 5.76 Å². The molecule has 1 N–H and O–H groups in total. The molecule has 7 nitrogen and oxygen atoms in total. The van der Waals surface area contributed by atoms with Crippen LogP contribution in [-0.4, -0.2) is 42.5 Å².